The van der Waals surface area contributed by atoms with Gasteiger partial charge < -0.3 is 25.8 Å². The monoisotopic (exact) mass is 826 g/mol. The van der Waals surface area contributed by atoms with Crippen molar-refractivity contribution in [1.29, 1.82) is 0 Å². The van der Waals surface area contributed by atoms with Gasteiger partial charge in [0.1, 0.15) is 29.4 Å². The number of aromatic hydroxyl groups is 1. The molecule has 2 aromatic carbocycles. The molecular weight excluding hydrogens is 763 g/mol. The second kappa shape index (κ2) is 19.4. The molecular formula is C52H64N3O6+. The number of pyridine rings is 1. The number of aliphatic hydroxyl groups excluding tert-OH is 2. The molecule has 1 aromatic heterocycles. The van der Waals surface area contributed by atoms with Crippen LogP contribution in [-0.2, 0) is 22.4 Å². The Morgan fingerprint density at radius 1 is 1.00 bits per heavy atom. The Kier molecular flexibility index (Phi) is 14.1. The fourth-order valence-corrected chi connectivity index (χ4v) is 11.0. The first-order valence-corrected chi connectivity index (χ1v) is 22.6. The number of aliphatic imine (C=N–C) groups is 1. The molecule has 1 aliphatic heterocycles. The van der Waals surface area contributed by atoms with Crippen molar-refractivity contribution < 1.29 is 29.6 Å². The number of ether oxygens (including phenoxy) is 1. The molecule has 61 heavy (non-hydrogen) atoms. The highest BCUT2D eigenvalue weighted by molar-refractivity contribution is 6.06. The average Bonchev–Trinajstić information content (AvgIpc) is 3.71. The molecule has 0 radical (unpaired) electrons. The number of nitrogens with two attached hydrogens (primary N) is 1. The van der Waals surface area contributed by atoms with Gasteiger partial charge in [-0.3, -0.25) is 9.59 Å². The van der Waals surface area contributed by atoms with Crippen molar-refractivity contribution in [2.75, 3.05) is 12.8 Å². The standard InChI is InChI=1S/C52H63N3O6/c1-5-12-41(51(60)52(20-10-7-11-21-52)47-29-39(31-55-47)32(2)3)38-25-34(23-33-19-22-54-48(53)26-33)24-36-15-17-40(35-13-8-6-9-14-35)42-30-45(57)46(61-4)28-37(42)16-18-44(56)50(59)49(58)43(36)27-38/h6,8-9,13-14,19,22,26,28-32,34,36,38,40-41,43,50-51,59-60H,5,7,10-12,16,18,20-21,23-25,27H2,1-4H3,(H2-,53,54,57)/p+1. The van der Waals surface area contributed by atoms with Crippen LogP contribution >= 0.6 is 0 Å². The summed E-state index contributed by atoms with van der Waals surface area (Å²) in [5.74, 6) is 6.44. The maximum Gasteiger partial charge on any atom is 0.183 e. The summed E-state index contributed by atoms with van der Waals surface area (Å²) in [7, 11) is 1.48. The largest absolute Gasteiger partial charge is 0.504 e. The third-order valence-electron chi connectivity index (χ3n) is 14.3. The van der Waals surface area contributed by atoms with Crippen molar-refractivity contribution in [3.63, 3.8) is 0 Å². The van der Waals surface area contributed by atoms with Crippen molar-refractivity contribution in [2.24, 2.45) is 45.9 Å². The van der Waals surface area contributed by atoms with Crippen LogP contribution in [0.3, 0.4) is 0 Å². The van der Waals surface area contributed by atoms with Gasteiger partial charge in [0.2, 0.25) is 0 Å². The fourth-order valence-electron chi connectivity index (χ4n) is 11.0. The number of nitrogens with zero attached hydrogens (tertiary/aromatic N) is 2. The number of Topliss-reactive ketones (excluding diaryl/α,β-unsaturated/α-hetero) is 2. The third-order valence-corrected chi connectivity index (χ3v) is 14.3. The summed E-state index contributed by atoms with van der Waals surface area (Å²) in [6.45, 7) is 6.51. The van der Waals surface area contributed by atoms with Crippen LogP contribution in [0.5, 0.6) is 11.5 Å². The molecule has 0 amide bonds. The number of fused-ring (bicyclic) bond motifs is 2. The second-order valence-corrected chi connectivity index (χ2v) is 18.5. The molecule has 7 rings (SSSR count). The van der Waals surface area contributed by atoms with E-state index in [-0.39, 0.29) is 42.1 Å². The van der Waals surface area contributed by atoms with E-state index in [1.54, 1.807) is 18.3 Å². The van der Waals surface area contributed by atoms with Gasteiger partial charge >= 0.3 is 0 Å². The van der Waals surface area contributed by atoms with E-state index in [0.29, 0.717) is 31.0 Å². The minimum absolute atomic E-state index is 0.0295. The first-order chi connectivity index (χ1) is 29.4. The average molecular weight is 827 g/mol. The molecule has 4 aliphatic rings. The van der Waals surface area contributed by atoms with Crippen LogP contribution in [0.1, 0.15) is 120 Å². The minimum atomic E-state index is -1.81. The molecule has 2 saturated carbocycles. The number of nitrogen functional groups attached to an aromatic ring is 1. The highest BCUT2D eigenvalue weighted by atomic mass is 16.5. The maximum atomic E-state index is 14.9. The summed E-state index contributed by atoms with van der Waals surface area (Å²) < 4.78 is 5.48. The molecule has 0 saturated heterocycles. The second-order valence-electron chi connectivity index (χ2n) is 18.5. The molecule has 2 fully saturated rings. The zero-order chi connectivity index (χ0) is 43.3. The van der Waals surface area contributed by atoms with Gasteiger partial charge in [-0.1, -0.05) is 74.8 Å². The first-order valence-electron chi connectivity index (χ1n) is 22.6. The number of anilines is 1. The predicted molar refractivity (Wildman–Crippen MR) is 240 cm³/mol. The number of rotatable bonds is 11. The lowest BCUT2D eigenvalue weighted by molar-refractivity contribution is -0.142. The summed E-state index contributed by atoms with van der Waals surface area (Å²) in [5.41, 5.74) is 10.1. The van der Waals surface area contributed by atoms with Crippen LogP contribution in [0.15, 0.2) is 77.6 Å². The van der Waals surface area contributed by atoms with E-state index >= 15 is 0 Å². The predicted octanol–water partition coefficient (Wildman–Crippen LogP) is 8.78. The number of carbonyl (C=O) groups is 2. The Hall–Kier alpha value is -4.91. The molecule has 3 aromatic rings. The summed E-state index contributed by atoms with van der Waals surface area (Å²) >= 11 is 0. The molecule has 2 heterocycles. The Morgan fingerprint density at radius 2 is 1.77 bits per heavy atom. The maximum absolute atomic E-state index is 14.9. The number of allylic oxidation sites excluding steroid dienone is 1. The van der Waals surface area contributed by atoms with E-state index in [1.165, 1.54) is 13.0 Å². The van der Waals surface area contributed by atoms with Crippen molar-refractivity contribution in [3.8, 4) is 23.3 Å². The van der Waals surface area contributed by atoms with Gasteiger partial charge in [-0.25, -0.2) is 4.98 Å². The number of hydrogen-bond donors (Lipinski definition) is 4. The summed E-state index contributed by atoms with van der Waals surface area (Å²) in [6.07, 6.45) is 12.4. The van der Waals surface area contributed by atoms with Crippen molar-refractivity contribution in [2.45, 2.75) is 122 Å². The van der Waals surface area contributed by atoms with Crippen LogP contribution in [0.2, 0.25) is 0 Å². The molecule has 5 N–H and O–H groups in total. The van der Waals surface area contributed by atoms with Crippen LogP contribution < -0.4 is 10.5 Å². The zero-order valence-corrected chi connectivity index (χ0v) is 36.4. The lowest BCUT2D eigenvalue weighted by Crippen LogP contribution is -2.46. The van der Waals surface area contributed by atoms with Gasteiger partial charge in [0.15, 0.2) is 34.9 Å². The first kappa shape index (κ1) is 44.2. The van der Waals surface area contributed by atoms with E-state index in [9.17, 15) is 24.9 Å². The molecule has 9 nitrogen and oxygen atoms in total. The number of aryl methyl sites for hydroxylation is 1. The lowest BCUT2D eigenvalue weighted by atomic mass is 9.61. The normalized spacial score (nSPS) is 26.4. The Bertz CT molecular complexity index is 2150. The van der Waals surface area contributed by atoms with Gasteiger partial charge in [-0.15, -0.1) is 4.99 Å². The highest BCUT2D eigenvalue weighted by Crippen LogP contribution is 2.53. The molecule has 0 spiro atoms. The molecule has 8 unspecified atom stereocenters. The van der Waals surface area contributed by atoms with Gasteiger partial charge in [-0.05, 0) is 129 Å². The summed E-state index contributed by atoms with van der Waals surface area (Å²) in [4.78, 5) is 38.1. The van der Waals surface area contributed by atoms with Gasteiger partial charge in [0, 0.05) is 30.4 Å². The molecule has 0 bridgehead atoms. The number of phenols is 1. The van der Waals surface area contributed by atoms with Gasteiger partial charge in [-0.2, -0.15) is 0 Å². The summed E-state index contributed by atoms with van der Waals surface area (Å²) in [6, 6.07) is 17.2. The number of aliphatic hydroxyl groups is 2. The lowest BCUT2D eigenvalue weighted by Gasteiger charge is -2.43. The van der Waals surface area contributed by atoms with Crippen LogP contribution in [0.25, 0.3) is 0 Å². The van der Waals surface area contributed by atoms with Gasteiger partial charge in [0.25, 0.3) is 0 Å². The Labute approximate surface area is 362 Å². The number of phenolic OH excluding ortho intramolecular Hbond substituents is 1. The van der Waals surface area contributed by atoms with E-state index < -0.39 is 46.9 Å². The van der Waals surface area contributed by atoms with Gasteiger partial charge in [0.05, 0.1) is 19.1 Å². The number of ketones is 2. The van der Waals surface area contributed by atoms with Crippen LogP contribution in [-0.4, -0.2) is 57.4 Å². The van der Waals surface area contributed by atoms with E-state index in [2.05, 4.69) is 43.7 Å². The number of aromatic nitrogens is 1. The fraction of sp³-hybridized carbons (Fsp3) is 0.519. The number of benzene rings is 2. The number of methoxy groups -OCH3 is 1. The molecule has 322 valence electrons. The third kappa shape index (κ3) is 9.61. The number of hydrogen-bond acceptors (Lipinski definition) is 9. The number of carbonyl (C=O) groups excluding carboxylic acids is 2. The zero-order valence-electron chi connectivity index (χ0n) is 36.4. The van der Waals surface area contributed by atoms with Crippen molar-refractivity contribution in [1.82, 2.24) is 4.98 Å². The SMILES string of the molecule is CCCC(C1CC(Cc2ccnc(N)c2)CC2C#CC(c3ccccc3)c3cc(O)c(OC)cc3CCC(=O)C(O)C(=O)C2C1)C(O)C1(C2=C[C+](C(C)C)C=N2)CCCCC1. The molecule has 9 heteroatoms. The Morgan fingerprint density at radius 3 is 2.46 bits per heavy atom. The van der Waals surface area contributed by atoms with Crippen LogP contribution in [0, 0.1) is 58.7 Å². The highest BCUT2D eigenvalue weighted by Gasteiger charge is 2.54. The topological polar surface area (TPSA) is 155 Å². The van der Waals surface area contributed by atoms with E-state index in [1.807, 2.05) is 48.7 Å². The molecule has 3 aliphatic carbocycles. The quantitative estimate of drug-likeness (QED) is 0.0850. The van der Waals surface area contributed by atoms with Crippen LogP contribution in [0.4, 0.5) is 5.82 Å². The Balaban J connectivity index is 1.36. The smallest absolute Gasteiger partial charge is 0.183 e. The van der Waals surface area contributed by atoms with Crippen molar-refractivity contribution in [3.05, 3.63) is 101 Å². The van der Waals surface area contributed by atoms with E-state index in [0.717, 1.165) is 79.3 Å². The minimum Gasteiger partial charge on any atom is -0.504 e. The molecule has 8 atom stereocenters. The van der Waals surface area contributed by atoms with E-state index in [4.69, 9.17) is 15.5 Å². The summed E-state index contributed by atoms with van der Waals surface area (Å²) in [5, 5.41) is 35.9. The van der Waals surface area contributed by atoms with Crippen molar-refractivity contribution >= 4 is 23.6 Å².